The number of hydrogen-bond donors (Lipinski definition) is 4. The Bertz CT molecular complexity index is 1570. The zero-order valence-electron chi connectivity index (χ0n) is 22.5. The molecule has 2 aliphatic rings. The molecule has 0 aliphatic carbocycles. The van der Waals surface area contributed by atoms with E-state index in [1.165, 1.54) is 26.4 Å². The number of carbonyl (C=O) groups excluding carboxylic acids is 2. The fraction of sp³-hybridized carbons (Fsp3) is 0.188. The van der Waals surface area contributed by atoms with Crippen molar-refractivity contribution in [3.63, 3.8) is 0 Å². The Morgan fingerprint density at radius 1 is 0.571 bits per heavy atom. The molecular weight excluding hydrogens is 544 g/mol. The smallest absolute Gasteiger partial charge is 0.178 e. The maximum atomic E-state index is 14.4. The van der Waals surface area contributed by atoms with Gasteiger partial charge >= 0.3 is 0 Å². The van der Waals surface area contributed by atoms with E-state index in [1.807, 2.05) is 0 Å². The largest absolute Gasteiger partial charge is 0.508 e. The van der Waals surface area contributed by atoms with Crippen LogP contribution in [0.2, 0.25) is 0 Å². The van der Waals surface area contributed by atoms with Crippen LogP contribution in [0, 0.1) is 11.8 Å². The van der Waals surface area contributed by atoms with Gasteiger partial charge in [0.15, 0.2) is 11.6 Å². The van der Waals surface area contributed by atoms with Crippen molar-refractivity contribution in [3.05, 3.63) is 95.1 Å². The minimum Gasteiger partial charge on any atom is -0.508 e. The van der Waals surface area contributed by atoms with Crippen LogP contribution in [-0.2, 0) is 0 Å². The number of fused-ring (bicyclic) bond motifs is 2. The number of aromatic hydroxyl groups is 4. The molecule has 4 N–H and O–H groups in total. The summed E-state index contributed by atoms with van der Waals surface area (Å²) in [7, 11) is 3.03. The number of methoxy groups -OCH3 is 2. The van der Waals surface area contributed by atoms with E-state index in [0.29, 0.717) is 22.6 Å². The number of hydrogen-bond acceptors (Lipinski definition) is 10. The molecule has 6 rings (SSSR count). The molecule has 0 fully saturated rings. The second-order valence-electron chi connectivity index (χ2n) is 10.1. The van der Waals surface area contributed by atoms with Crippen LogP contribution in [0.3, 0.4) is 0 Å². The summed E-state index contributed by atoms with van der Waals surface area (Å²) in [4.78, 5) is 28.7. The SMILES string of the molecule is COc1ccc([C@H]2Oc3cc(O)cc(O)c3C(=O)[C@@H]2[C@@H]2C(=O)c3c(O)cc(O)cc3O[C@H]2c2ccc(OC)cc2)cc1. The Labute approximate surface area is 239 Å². The highest BCUT2D eigenvalue weighted by atomic mass is 16.5. The first kappa shape index (κ1) is 26.8. The van der Waals surface area contributed by atoms with Gasteiger partial charge in [-0.3, -0.25) is 9.59 Å². The Morgan fingerprint density at radius 3 is 1.26 bits per heavy atom. The molecule has 10 nitrogen and oxygen atoms in total. The first-order chi connectivity index (χ1) is 20.2. The number of carbonyl (C=O) groups is 2. The highest BCUT2D eigenvalue weighted by Crippen LogP contribution is 2.53. The van der Waals surface area contributed by atoms with Gasteiger partial charge < -0.3 is 39.4 Å². The minimum atomic E-state index is -1.26. The van der Waals surface area contributed by atoms with E-state index in [-0.39, 0.29) is 34.1 Å². The molecule has 0 amide bonds. The van der Waals surface area contributed by atoms with Crippen LogP contribution in [0.5, 0.6) is 46.0 Å². The zero-order valence-corrected chi connectivity index (χ0v) is 22.5. The summed E-state index contributed by atoms with van der Waals surface area (Å²) in [5.74, 6) is -4.37. The van der Waals surface area contributed by atoms with Crippen molar-refractivity contribution in [1.82, 2.24) is 0 Å². The topological polar surface area (TPSA) is 152 Å². The van der Waals surface area contributed by atoms with E-state index >= 15 is 0 Å². The number of rotatable bonds is 5. The molecule has 4 aromatic carbocycles. The number of Topliss-reactive ketones (excluding diaryl/α,β-unsaturated/α-hetero) is 2. The maximum Gasteiger partial charge on any atom is 0.178 e. The molecule has 0 radical (unpaired) electrons. The lowest BCUT2D eigenvalue weighted by atomic mass is 9.69. The quantitative estimate of drug-likeness (QED) is 0.255. The summed E-state index contributed by atoms with van der Waals surface area (Å²) in [6, 6.07) is 18.0. The molecule has 4 atom stereocenters. The predicted octanol–water partition coefficient (Wildman–Crippen LogP) is 5.09. The third-order valence-electron chi connectivity index (χ3n) is 7.67. The summed E-state index contributed by atoms with van der Waals surface area (Å²) >= 11 is 0. The molecule has 0 saturated heterocycles. The Morgan fingerprint density at radius 2 is 0.929 bits per heavy atom. The Balaban J connectivity index is 1.57. The number of ether oxygens (including phenoxy) is 4. The molecule has 0 bridgehead atoms. The van der Waals surface area contributed by atoms with Gasteiger partial charge in [0.1, 0.15) is 69.3 Å². The molecule has 0 saturated carbocycles. The van der Waals surface area contributed by atoms with Gasteiger partial charge in [0.05, 0.1) is 26.1 Å². The van der Waals surface area contributed by atoms with Gasteiger partial charge in [0.25, 0.3) is 0 Å². The molecular formula is C32H26O10. The minimum absolute atomic E-state index is 0.0482. The molecule has 4 aromatic rings. The second kappa shape index (κ2) is 10.2. The van der Waals surface area contributed by atoms with E-state index in [1.54, 1.807) is 48.5 Å². The van der Waals surface area contributed by atoms with Crippen molar-refractivity contribution in [1.29, 1.82) is 0 Å². The van der Waals surface area contributed by atoms with E-state index < -0.39 is 47.1 Å². The van der Waals surface area contributed by atoms with Crippen molar-refractivity contribution in [2.24, 2.45) is 11.8 Å². The van der Waals surface area contributed by atoms with Crippen LogP contribution in [0.4, 0.5) is 0 Å². The van der Waals surface area contributed by atoms with E-state index in [9.17, 15) is 30.0 Å². The fourth-order valence-electron chi connectivity index (χ4n) is 5.72. The maximum absolute atomic E-state index is 14.4. The number of phenolic OH excluding ortho intramolecular Hbond substituents is 4. The molecule has 0 unspecified atom stereocenters. The molecule has 0 aromatic heterocycles. The second-order valence-corrected chi connectivity index (χ2v) is 10.1. The van der Waals surface area contributed by atoms with Gasteiger partial charge in [0.2, 0.25) is 0 Å². The Kier molecular flexibility index (Phi) is 6.53. The van der Waals surface area contributed by atoms with Gasteiger partial charge in [-0.05, 0) is 35.4 Å². The van der Waals surface area contributed by atoms with Crippen molar-refractivity contribution in [3.8, 4) is 46.0 Å². The third-order valence-corrected chi connectivity index (χ3v) is 7.67. The lowest BCUT2D eigenvalue weighted by Gasteiger charge is -2.42. The van der Waals surface area contributed by atoms with Crippen LogP contribution in [-0.4, -0.2) is 46.2 Å². The highest BCUT2D eigenvalue weighted by molar-refractivity contribution is 6.11. The monoisotopic (exact) mass is 570 g/mol. The first-order valence-corrected chi connectivity index (χ1v) is 13.0. The summed E-state index contributed by atoms with van der Waals surface area (Å²) < 4.78 is 23.1. The van der Waals surface area contributed by atoms with Crippen molar-refractivity contribution in [2.75, 3.05) is 14.2 Å². The highest BCUT2D eigenvalue weighted by Gasteiger charge is 2.53. The standard InChI is InChI=1S/C32H26O10/c1-39-19-7-3-15(4-8-19)31-27(29(37)25-21(35)11-17(33)13-23(25)41-31)28-30(38)26-22(36)12-18(34)14-24(26)42-32(28)16-5-9-20(40-2)10-6-16/h3-14,27-28,31-36H,1-2H3/t27-,28+,31+,32-. The average Bonchev–Trinajstić information content (AvgIpc) is 2.96. The van der Waals surface area contributed by atoms with Crippen molar-refractivity contribution < 1.29 is 49.0 Å². The third kappa shape index (κ3) is 4.37. The summed E-state index contributed by atoms with van der Waals surface area (Å²) in [6.07, 6.45) is -2.15. The average molecular weight is 571 g/mol. The van der Waals surface area contributed by atoms with Crippen molar-refractivity contribution >= 4 is 11.6 Å². The number of ketones is 2. The molecule has 42 heavy (non-hydrogen) atoms. The molecule has 2 aliphatic heterocycles. The van der Waals surface area contributed by atoms with Gasteiger partial charge in [-0.1, -0.05) is 24.3 Å². The molecule has 2 heterocycles. The van der Waals surface area contributed by atoms with Crippen molar-refractivity contribution in [2.45, 2.75) is 12.2 Å². The number of benzene rings is 4. The van der Waals surface area contributed by atoms with Crippen LogP contribution in [0.15, 0.2) is 72.8 Å². The summed E-state index contributed by atoms with van der Waals surface area (Å²) in [5, 5.41) is 41.7. The fourth-order valence-corrected chi connectivity index (χ4v) is 5.72. The normalized spacial score (nSPS) is 21.0. The molecule has 0 spiro atoms. The Hall–Kier alpha value is -5.38. The van der Waals surface area contributed by atoms with Crippen LogP contribution in [0.1, 0.15) is 44.1 Å². The van der Waals surface area contributed by atoms with E-state index in [2.05, 4.69) is 0 Å². The summed E-state index contributed by atoms with van der Waals surface area (Å²) in [5.41, 5.74) is 0.656. The lowest BCUT2D eigenvalue weighted by molar-refractivity contribution is 0.0129. The van der Waals surface area contributed by atoms with E-state index in [4.69, 9.17) is 18.9 Å². The zero-order chi connectivity index (χ0) is 29.7. The van der Waals surface area contributed by atoms with Gasteiger partial charge in [0, 0.05) is 24.3 Å². The lowest BCUT2D eigenvalue weighted by Crippen LogP contribution is -2.45. The van der Waals surface area contributed by atoms with Gasteiger partial charge in [-0.25, -0.2) is 0 Å². The van der Waals surface area contributed by atoms with E-state index in [0.717, 1.165) is 12.1 Å². The molecule has 10 heteroatoms. The van der Waals surface area contributed by atoms with Crippen LogP contribution < -0.4 is 18.9 Å². The van der Waals surface area contributed by atoms with Crippen LogP contribution in [0.25, 0.3) is 0 Å². The molecule has 214 valence electrons. The number of phenols is 4. The summed E-state index contributed by atoms with van der Waals surface area (Å²) in [6.45, 7) is 0. The van der Waals surface area contributed by atoms with Gasteiger partial charge in [-0.15, -0.1) is 0 Å². The van der Waals surface area contributed by atoms with Gasteiger partial charge in [-0.2, -0.15) is 0 Å². The predicted molar refractivity (Wildman–Crippen MR) is 148 cm³/mol. The first-order valence-electron chi connectivity index (χ1n) is 13.0. The van der Waals surface area contributed by atoms with Crippen LogP contribution >= 0.6 is 0 Å².